The van der Waals surface area contributed by atoms with Crippen LogP contribution in [0.5, 0.6) is 0 Å². The monoisotopic (exact) mass is 241 g/mol. The third-order valence-electron chi connectivity index (χ3n) is 2.61. The SMILES string of the molecule is Cc1ccccc1-c1ncc(-c2ncc[nH]2)s1. The molecule has 84 valence electrons. The fraction of sp³-hybridized carbons (Fsp3) is 0.0769. The normalized spacial score (nSPS) is 10.6. The summed E-state index contributed by atoms with van der Waals surface area (Å²) < 4.78 is 0. The zero-order chi connectivity index (χ0) is 11.7. The van der Waals surface area contributed by atoms with Crippen molar-refractivity contribution in [2.45, 2.75) is 6.92 Å². The molecule has 2 aromatic heterocycles. The van der Waals surface area contributed by atoms with E-state index >= 15 is 0 Å². The highest BCUT2D eigenvalue weighted by molar-refractivity contribution is 7.18. The van der Waals surface area contributed by atoms with Gasteiger partial charge < -0.3 is 4.98 Å². The number of rotatable bonds is 2. The van der Waals surface area contributed by atoms with E-state index in [1.807, 2.05) is 24.5 Å². The zero-order valence-electron chi connectivity index (χ0n) is 9.34. The lowest BCUT2D eigenvalue weighted by atomic mass is 10.1. The molecule has 3 rings (SSSR count). The van der Waals surface area contributed by atoms with Crippen LogP contribution in [0, 0.1) is 6.92 Å². The number of thiazole rings is 1. The number of aryl methyl sites for hydroxylation is 1. The topological polar surface area (TPSA) is 41.6 Å². The number of H-pyrrole nitrogens is 1. The van der Waals surface area contributed by atoms with Gasteiger partial charge in [0.2, 0.25) is 0 Å². The van der Waals surface area contributed by atoms with Gasteiger partial charge in [-0.2, -0.15) is 0 Å². The van der Waals surface area contributed by atoms with Crippen LogP contribution in [0.25, 0.3) is 21.3 Å². The standard InChI is InChI=1S/C13H11N3S/c1-9-4-2-3-5-10(9)13-16-8-11(17-13)12-14-6-7-15-12/h2-8H,1H3,(H,14,15). The van der Waals surface area contributed by atoms with Gasteiger partial charge >= 0.3 is 0 Å². The van der Waals surface area contributed by atoms with Crippen molar-refractivity contribution in [1.29, 1.82) is 0 Å². The molecule has 3 aromatic rings. The number of benzene rings is 1. The van der Waals surface area contributed by atoms with E-state index in [0.717, 1.165) is 15.7 Å². The molecule has 17 heavy (non-hydrogen) atoms. The van der Waals surface area contributed by atoms with E-state index in [1.54, 1.807) is 17.5 Å². The highest BCUT2D eigenvalue weighted by Crippen LogP contribution is 2.31. The van der Waals surface area contributed by atoms with Crippen molar-refractivity contribution in [3.05, 3.63) is 48.4 Å². The second-order valence-electron chi connectivity index (χ2n) is 3.78. The van der Waals surface area contributed by atoms with Gasteiger partial charge in [0.25, 0.3) is 0 Å². The Bertz CT molecular complexity index is 626. The van der Waals surface area contributed by atoms with Crippen LogP contribution in [0.4, 0.5) is 0 Å². The molecule has 0 bridgehead atoms. The van der Waals surface area contributed by atoms with Crippen LogP contribution < -0.4 is 0 Å². The molecule has 4 heteroatoms. The molecule has 3 nitrogen and oxygen atoms in total. The van der Waals surface area contributed by atoms with E-state index in [0.29, 0.717) is 0 Å². The van der Waals surface area contributed by atoms with Crippen LogP contribution in [0.2, 0.25) is 0 Å². The molecule has 0 aliphatic heterocycles. The van der Waals surface area contributed by atoms with Crippen molar-refractivity contribution in [3.63, 3.8) is 0 Å². The number of hydrogen-bond acceptors (Lipinski definition) is 3. The number of aromatic amines is 1. The second kappa shape index (κ2) is 4.14. The van der Waals surface area contributed by atoms with Gasteiger partial charge in [-0.25, -0.2) is 9.97 Å². The predicted molar refractivity (Wildman–Crippen MR) is 69.9 cm³/mol. The minimum absolute atomic E-state index is 0.877. The van der Waals surface area contributed by atoms with Crippen LogP contribution in [-0.2, 0) is 0 Å². The van der Waals surface area contributed by atoms with Gasteiger partial charge in [-0.15, -0.1) is 11.3 Å². The third-order valence-corrected chi connectivity index (χ3v) is 3.65. The number of hydrogen-bond donors (Lipinski definition) is 1. The molecule has 0 radical (unpaired) electrons. The average molecular weight is 241 g/mol. The first-order valence-corrected chi connectivity index (χ1v) is 6.18. The first-order chi connectivity index (χ1) is 8.34. The van der Waals surface area contributed by atoms with Crippen molar-refractivity contribution in [2.75, 3.05) is 0 Å². The highest BCUT2D eigenvalue weighted by Gasteiger charge is 2.09. The summed E-state index contributed by atoms with van der Waals surface area (Å²) in [5, 5.41) is 1.04. The highest BCUT2D eigenvalue weighted by atomic mass is 32.1. The molecular formula is C13H11N3S. The molecular weight excluding hydrogens is 230 g/mol. The number of imidazole rings is 1. The van der Waals surface area contributed by atoms with Crippen molar-refractivity contribution >= 4 is 11.3 Å². The summed E-state index contributed by atoms with van der Waals surface area (Å²) in [5.74, 6) is 0.877. The molecule has 0 spiro atoms. The molecule has 1 N–H and O–H groups in total. The Morgan fingerprint density at radius 1 is 1.18 bits per heavy atom. The van der Waals surface area contributed by atoms with E-state index in [-0.39, 0.29) is 0 Å². The summed E-state index contributed by atoms with van der Waals surface area (Å²) in [6, 6.07) is 8.28. The third kappa shape index (κ3) is 1.87. The van der Waals surface area contributed by atoms with E-state index in [9.17, 15) is 0 Å². The van der Waals surface area contributed by atoms with Gasteiger partial charge in [-0.3, -0.25) is 0 Å². The summed E-state index contributed by atoms with van der Waals surface area (Å²) in [7, 11) is 0. The summed E-state index contributed by atoms with van der Waals surface area (Å²) >= 11 is 1.65. The van der Waals surface area contributed by atoms with Crippen LogP contribution in [0.1, 0.15) is 5.56 Å². The van der Waals surface area contributed by atoms with Crippen molar-refractivity contribution in [1.82, 2.24) is 15.0 Å². The fourth-order valence-corrected chi connectivity index (χ4v) is 2.69. The smallest absolute Gasteiger partial charge is 0.149 e. The van der Waals surface area contributed by atoms with Gasteiger partial charge in [0, 0.05) is 24.2 Å². The second-order valence-corrected chi connectivity index (χ2v) is 4.81. The van der Waals surface area contributed by atoms with Crippen molar-refractivity contribution in [3.8, 4) is 21.3 Å². The minimum Gasteiger partial charge on any atom is -0.344 e. The lowest BCUT2D eigenvalue weighted by Crippen LogP contribution is -1.79. The molecule has 0 unspecified atom stereocenters. The summed E-state index contributed by atoms with van der Waals surface area (Å²) in [6.45, 7) is 2.10. The van der Waals surface area contributed by atoms with E-state index in [2.05, 4.69) is 34.0 Å². The number of aromatic nitrogens is 3. The molecule has 2 heterocycles. The van der Waals surface area contributed by atoms with E-state index < -0.39 is 0 Å². The summed E-state index contributed by atoms with van der Waals surface area (Å²) in [6.07, 6.45) is 5.44. The molecule has 0 saturated heterocycles. The molecule has 1 aromatic carbocycles. The molecule has 0 amide bonds. The fourth-order valence-electron chi connectivity index (χ4n) is 1.72. The Labute approximate surface area is 103 Å². The largest absolute Gasteiger partial charge is 0.344 e. The van der Waals surface area contributed by atoms with Crippen LogP contribution >= 0.6 is 11.3 Å². The maximum Gasteiger partial charge on any atom is 0.149 e. The zero-order valence-corrected chi connectivity index (χ0v) is 10.2. The van der Waals surface area contributed by atoms with Crippen LogP contribution in [0.15, 0.2) is 42.9 Å². The number of nitrogens with one attached hydrogen (secondary N) is 1. The maximum absolute atomic E-state index is 4.46. The van der Waals surface area contributed by atoms with Gasteiger partial charge in [-0.05, 0) is 12.5 Å². The van der Waals surface area contributed by atoms with Gasteiger partial charge in [0.15, 0.2) is 0 Å². The van der Waals surface area contributed by atoms with E-state index in [1.165, 1.54) is 11.1 Å². The first kappa shape index (κ1) is 10.2. The van der Waals surface area contributed by atoms with Crippen molar-refractivity contribution in [2.24, 2.45) is 0 Å². The summed E-state index contributed by atoms with van der Waals surface area (Å²) in [4.78, 5) is 12.8. The Balaban J connectivity index is 2.04. The lowest BCUT2D eigenvalue weighted by molar-refractivity contribution is 1.31. The van der Waals surface area contributed by atoms with Gasteiger partial charge in [0.05, 0.1) is 4.88 Å². The Hall–Kier alpha value is -1.94. The lowest BCUT2D eigenvalue weighted by Gasteiger charge is -1.99. The minimum atomic E-state index is 0.877. The Kier molecular flexibility index (Phi) is 2.49. The predicted octanol–water partition coefficient (Wildman–Crippen LogP) is 3.51. The molecule has 0 atom stereocenters. The Morgan fingerprint density at radius 2 is 2.06 bits per heavy atom. The molecule has 0 fully saturated rings. The molecule has 0 aliphatic rings. The number of nitrogens with zero attached hydrogens (tertiary/aromatic N) is 2. The van der Waals surface area contributed by atoms with Crippen molar-refractivity contribution < 1.29 is 0 Å². The van der Waals surface area contributed by atoms with Crippen LogP contribution in [0.3, 0.4) is 0 Å². The average Bonchev–Trinajstić information content (AvgIpc) is 3.00. The van der Waals surface area contributed by atoms with E-state index in [4.69, 9.17) is 0 Å². The van der Waals surface area contributed by atoms with Crippen LogP contribution in [-0.4, -0.2) is 15.0 Å². The quantitative estimate of drug-likeness (QED) is 0.746. The Morgan fingerprint density at radius 3 is 2.82 bits per heavy atom. The molecule has 0 saturated carbocycles. The first-order valence-electron chi connectivity index (χ1n) is 5.36. The summed E-state index contributed by atoms with van der Waals surface area (Å²) in [5.41, 5.74) is 2.43. The van der Waals surface area contributed by atoms with Gasteiger partial charge in [-0.1, -0.05) is 24.3 Å². The maximum atomic E-state index is 4.46. The molecule has 0 aliphatic carbocycles. The van der Waals surface area contributed by atoms with Gasteiger partial charge in [0.1, 0.15) is 10.8 Å².